The molecule has 1 aromatic rings. The summed E-state index contributed by atoms with van der Waals surface area (Å²) < 4.78 is 4.10. The zero-order chi connectivity index (χ0) is 28.6. The Morgan fingerprint density at radius 1 is 0.641 bits per heavy atom. The zero-order valence-corrected chi connectivity index (χ0v) is 25.9. The third kappa shape index (κ3) is 7.46. The number of carbonyl (C=O) groups excluding carboxylic acids is 6. The number of carbonyl (C=O) groups is 6. The van der Waals surface area contributed by atoms with Crippen LogP contribution in [0.4, 0.5) is 0 Å². The molecule has 0 bridgehead atoms. The van der Waals surface area contributed by atoms with Crippen molar-refractivity contribution in [2.75, 3.05) is 0 Å². The molecule has 0 saturated carbocycles. The number of imide groups is 2. The van der Waals surface area contributed by atoms with E-state index in [1.165, 1.54) is 6.07 Å². The number of hydroxylamine groups is 4. The molecule has 0 aromatic heterocycles. The van der Waals surface area contributed by atoms with Crippen molar-refractivity contribution in [3.05, 3.63) is 29.3 Å². The number of unbranched alkanes of at least 4 members (excludes halogenated alkanes) is 3. The van der Waals surface area contributed by atoms with Crippen LogP contribution >= 0.6 is 0 Å². The van der Waals surface area contributed by atoms with Crippen molar-refractivity contribution in [2.24, 2.45) is 0 Å². The molecule has 3 rings (SSSR count). The first-order chi connectivity index (χ1) is 18.7. The van der Waals surface area contributed by atoms with Gasteiger partial charge in [-0.05, 0) is 0 Å². The second-order valence-corrected chi connectivity index (χ2v) is 23.5. The average Bonchev–Trinajstić information content (AvgIpc) is 3.42. The molecule has 10 nitrogen and oxygen atoms in total. The molecule has 0 N–H and O–H groups in total. The van der Waals surface area contributed by atoms with Gasteiger partial charge in [0.15, 0.2) is 0 Å². The Hall–Kier alpha value is -2.76. The van der Waals surface area contributed by atoms with Crippen molar-refractivity contribution in [3.63, 3.8) is 0 Å². The maximum absolute atomic E-state index is 13.2. The normalized spacial score (nSPS) is 15.9. The van der Waals surface area contributed by atoms with Crippen molar-refractivity contribution in [2.45, 2.75) is 98.3 Å². The van der Waals surface area contributed by atoms with Gasteiger partial charge >= 0.3 is 234 Å². The number of nitrogens with zero attached hydrogens (tertiary/aromatic N) is 2. The number of amides is 4. The molecule has 2 fully saturated rings. The van der Waals surface area contributed by atoms with Gasteiger partial charge in [-0.2, -0.15) is 0 Å². The van der Waals surface area contributed by atoms with Crippen molar-refractivity contribution in [1.29, 1.82) is 0 Å². The second-order valence-electron chi connectivity index (χ2n) is 10.3. The Morgan fingerprint density at radius 3 is 1.28 bits per heavy atom. The number of rotatable bonds is 14. The van der Waals surface area contributed by atoms with E-state index in [0.29, 0.717) is 10.1 Å². The first-order valence-electron chi connectivity index (χ1n) is 14.0. The monoisotopic (exact) mass is 650 g/mol. The van der Waals surface area contributed by atoms with Gasteiger partial charge in [0.2, 0.25) is 0 Å². The molecule has 2 heterocycles. The molecule has 0 spiro atoms. The average molecular weight is 649 g/mol. The number of hydrogen-bond acceptors (Lipinski definition) is 8. The molecular weight excluding hydrogens is 611 g/mol. The summed E-state index contributed by atoms with van der Waals surface area (Å²) in [6.07, 6.45) is 6.02. The molecule has 2 aliphatic rings. The minimum absolute atomic E-state index is 0.0246. The van der Waals surface area contributed by atoms with Gasteiger partial charge in [0.05, 0.1) is 0 Å². The first-order valence-corrected chi connectivity index (χ1v) is 21.5. The Labute approximate surface area is 233 Å². The molecule has 0 aliphatic carbocycles. The van der Waals surface area contributed by atoms with Crippen LogP contribution < -0.4 is 3.58 Å². The van der Waals surface area contributed by atoms with E-state index in [4.69, 9.17) is 9.68 Å². The van der Waals surface area contributed by atoms with E-state index in [1.54, 1.807) is 12.1 Å². The summed E-state index contributed by atoms with van der Waals surface area (Å²) >= 11 is -3.22. The van der Waals surface area contributed by atoms with Crippen LogP contribution in [0.15, 0.2) is 18.2 Å². The molecule has 1 aromatic carbocycles. The van der Waals surface area contributed by atoms with E-state index in [0.717, 1.165) is 55.4 Å². The van der Waals surface area contributed by atoms with Crippen LogP contribution in [0.1, 0.15) is 106 Å². The van der Waals surface area contributed by atoms with E-state index in [2.05, 4.69) is 20.8 Å². The summed E-state index contributed by atoms with van der Waals surface area (Å²) in [5.74, 6) is -4.25. The Bertz CT molecular complexity index is 1010. The standard InChI is InChI=1S/C16H11N2O8.3C4H9.Sn/c19-11-4-5-12(20)17(11)25-15(23)9-2-1-3-10(8-9)16(24)26-18-13(21)6-7-14(18)22;3*1-3-4-2;/h2-3,8H,4-7H2;3*1,3-4H2,2H3;. The summed E-state index contributed by atoms with van der Waals surface area (Å²) in [5.41, 5.74) is 0.0493. The summed E-state index contributed by atoms with van der Waals surface area (Å²) in [6, 6.07) is 4.79. The Kier molecular flexibility index (Phi) is 11.1. The van der Waals surface area contributed by atoms with Gasteiger partial charge < -0.3 is 0 Å². The fourth-order valence-electron chi connectivity index (χ4n) is 5.11. The van der Waals surface area contributed by atoms with Crippen molar-refractivity contribution in [3.8, 4) is 0 Å². The van der Waals surface area contributed by atoms with Crippen molar-refractivity contribution in [1.82, 2.24) is 10.1 Å². The van der Waals surface area contributed by atoms with Crippen LogP contribution in [-0.2, 0) is 28.9 Å². The molecule has 11 heteroatoms. The molecule has 0 radical (unpaired) electrons. The van der Waals surface area contributed by atoms with Gasteiger partial charge in [0.1, 0.15) is 0 Å². The van der Waals surface area contributed by atoms with E-state index < -0.39 is 53.9 Å². The Balaban J connectivity index is 2.07. The van der Waals surface area contributed by atoms with Crippen LogP contribution in [-0.4, -0.2) is 64.1 Å². The van der Waals surface area contributed by atoms with Crippen LogP contribution in [0.2, 0.25) is 13.3 Å². The molecule has 212 valence electrons. The van der Waals surface area contributed by atoms with Crippen molar-refractivity contribution < 1.29 is 38.4 Å². The van der Waals surface area contributed by atoms with Crippen LogP contribution in [0.25, 0.3) is 0 Å². The number of hydrogen-bond donors (Lipinski definition) is 0. The first kappa shape index (κ1) is 30.8. The SMILES string of the molecule is CCC[CH2][Sn]([CH2]CCC)([CH2]CCC)[c]1cc(C(=O)ON2C(=O)CCC2=O)cc(C(=O)ON2C(=O)CCC2=O)c1. The molecule has 2 saturated heterocycles. The van der Waals surface area contributed by atoms with Crippen molar-refractivity contribution >= 4 is 57.5 Å². The third-order valence-electron chi connectivity index (χ3n) is 7.40. The summed E-state index contributed by atoms with van der Waals surface area (Å²) in [5, 5.41) is 0.965. The molecular formula is C28H38N2O8Sn. The second kappa shape index (κ2) is 14.0. The molecule has 4 amide bonds. The molecule has 0 atom stereocenters. The van der Waals surface area contributed by atoms with E-state index >= 15 is 0 Å². The topological polar surface area (TPSA) is 127 Å². The summed E-state index contributed by atoms with van der Waals surface area (Å²) in [4.78, 5) is 85.0. The van der Waals surface area contributed by atoms with Gasteiger partial charge in [-0.1, -0.05) is 0 Å². The van der Waals surface area contributed by atoms with Crippen LogP contribution in [0, 0.1) is 0 Å². The van der Waals surface area contributed by atoms with Crippen LogP contribution in [0.3, 0.4) is 0 Å². The van der Waals surface area contributed by atoms with E-state index in [1.807, 2.05) is 0 Å². The van der Waals surface area contributed by atoms with Gasteiger partial charge in [0, 0.05) is 0 Å². The number of benzene rings is 1. The quantitative estimate of drug-likeness (QED) is 0.217. The minimum atomic E-state index is -3.22. The third-order valence-corrected chi connectivity index (χ3v) is 22.9. The van der Waals surface area contributed by atoms with Gasteiger partial charge in [0.25, 0.3) is 0 Å². The fourth-order valence-corrected chi connectivity index (χ4v) is 21.2. The Morgan fingerprint density at radius 2 is 0.974 bits per heavy atom. The molecule has 0 unspecified atom stereocenters. The van der Waals surface area contributed by atoms with Crippen LogP contribution in [0.5, 0.6) is 0 Å². The van der Waals surface area contributed by atoms with E-state index in [9.17, 15) is 28.8 Å². The van der Waals surface area contributed by atoms with Gasteiger partial charge in [-0.25, -0.2) is 0 Å². The van der Waals surface area contributed by atoms with Gasteiger partial charge in [-0.3, -0.25) is 0 Å². The maximum atomic E-state index is 13.2. The fraction of sp³-hybridized carbons (Fsp3) is 0.571. The van der Waals surface area contributed by atoms with Gasteiger partial charge in [-0.15, -0.1) is 0 Å². The predicted octanol–water partition coefficient (Wildman–Crippen LogP) is 4.18. The van der Waals surface area contributed by atoms with E-state index in [-0.39, 0.29) is 36.8 Å². The molecule has 39 heavy (non-hydrogen) atoms. The summed E-state index contributed by atoms with van der Waals surface area (Å²) in [7, 11) is 0. The summed E-state index contributed by atoms with van der Waals surface area (Å²) in [6.45, 7) is 6.42. The zero-order valence-electron chi connectivity index (χ0n) is 23.1. The molecule has 2 aliphatic heterocycles. The predicted molar refractivity (Wildman–Crippen MR) is 144 cm³/mol.